The fourth-order valence-electron chi connectivity index (χ4n) is 3.81. The van der Waals surface area contributed by atoms with Crippen LogP contribution in [-0.2, 0) is 4.74 Å². The Hall–Kier alpha value is -2.54. The second-order valence-electron chi connectivity index (χ2n) is 7.87. The Morgan fingerprint density at radius 2 is 1.90 bits per heavy atom. The topological polar surface area (TPSA) is 63.2 Å². The largest absolute Gasteiger partial charge is 0.383 e. The molecule has 0 saturated carbocycles. The number of nitrogens with zero attached hydrogens (tertiary/aromatic N) is 4. The van der Waals surface area contributed by atoms with E-state index in [1.807, 2.05) is 42.5 Å². The molecule has 3 aromatic rings. The number of likely N-dealkylation sites (tertiary alicyclic amines) is 1. The van der Waals surface area contributed by atoms with Crippen molar-refractivity contribution in [2.45, 2.75) is 12.8 Å². The predicted octanol–water partition coefficient (Wildman–Crippen LogP) is 4.63. The number of benzene rings is 1. The van der Waals surface area contributed by atoms with E-state index < -0.39 is 0 Å². The third-order valence-electron chi connectivity index (χ3n) is 5.68. The summed E-state index contributed by atoms with van der Waals surface area (Å²) in [6.45, 7) is 4.96. The van der Waals surface area contributed by atoms with Crippen LogP contribution in [0.5, 0.6) is 0 Å². The van der Waals surface area contributed by atoms with Gasteiger partial charge >= 0.3 is 0 Å². The molecule has 0 aliphatic carbocycles. The summed E-state index contributed by atoms with van der Waals surface area (Å²) < 4.78 is 5.20. The third-order valence-corrected chi connectivity index (χ3v) is 5.93. The van der Waals surface area contributed by atoms with E-state index in [-0.39, 0.29) is 0 Å². The van der Waals surface area contributed by atoms with Crippen molar-refractivity contribution < 1.29 is 4.74 Å². The van der Waals surface area contributed by atoms with Gasteiger partial charge < -0.3 is 15.0 Å². The maximum absolute atomic E-state index is 6.07. The highest BCUT2D eigenvalue weighted by Crippen LogP contribution is 2.26. The molecule has 1 N–H and O–H groups in total. The second-order valence-corrected chi connectivity index (χ2v) is 8.31. The average molecular weight is 438 g/mol. The number of hydrogen-bond acceptors (Lipinski definition) is 6. The van der Waals surface area contributed by atoms with Gasteiger partial charge in [-0.1, -0.05) is 23.7 Å². The minimum Gasteiger partial charge on any atom is -0.383 e. The highest BCUT2D eigenvalue weighted by molar-refractivity contribution is 6.30. The van der Waals surface area contributed by atoms with Crippen molar-refractivity contribution in [1.29, 1.82) is 0 Å². The standard InChI is InChI=1S/C24H28ClN5O/c1-31-14-13-30-11-8-18(9-12-30)16-27-23-15-22(19-4-6-21(25)7-5-19)28-24(29-23)20-3-2-10-26-17-20/h2-7,10,15,17-18H,8-9,11-14,16H2,1H3,(H,27,28,29). The van der Waals surface area contributed by atoms with Crippen molar-refractivity contribution >= 4 is 17.4 Å². The van der Waals surface area contributed by atoms with E-state index in [9.17, 15) is 0 Å². The first-order valence-corrected chi connectivity index (χ1v) is 11.1. The molecule has 162 valence electrons. The molecule has 0 spiro atoms. The lowest BCUT2D eigenvalue weighted by molar-refractivity contribution is 0.122. The fourth-order valence-corrected chi connectivity index (χ4v) is 3.94. The molecule has 1 aliphatic rings. The Kier molecular flexibility index (Phi) is 7.46. The van der Waals surface area contributed by atoms with Crippen LogP contribution in [0.15, 0.2) is 54.9 Å². The van der Waals surface area contributed by atoms with Crippen molar-refractivity contribution in [3.8, 4) is 22.6 Å². The van der Waals surface area contributed by atoms with Crippen molar-refractivity contribution in [1.82, 2.24) is 19.9 Å². The molecule has 1 aliphatic heterocycles. The molecule has 3 heterocycles. The van der Waals surface area contributed by atoms with Gasteiger partial charge in [0.15, 0.2) is 5.82 Å². The Labute approximate surface area is 188 Å². The predicted molar refractivity (Wildman–Crippen MR) is 125 cm³/mol. The Morgan fingerprint density at radius 3 is 2.61 bits per heavy atom. The normalized spacial score (nSPS) is 15.2. The zero-order valence-corrected chi connectivity index (χ0v) is 18.6. The van der Waals surface area contributed by atoms with Crippen LogP contribution < -0.4 is 5.32 Å². The molecule has 0 atom stereocenters. The van der Waals surface area contributed by atoms with Crippen molar-refractivity contribution in [3.63, 3.8) is 0 Å². The Morgan fingerprint density at radius 1 is 1.10 bits per heavy atom. The van der Waals surface area contributed by atoms with Crippen LogP contribution in [-0.4, -0.2) is 59.7 Å². The van der Waals surface area contributed by atoms with Crippen LogP contribution in [0, 0.1) is 5.92 Å². The van der Waals surface area contributed by atoms with E-state index in [2.05, 4.69) is 15.2 Å². The summed E-state index contributed by atoms with van der Waals surface area (Å²) >= 11 is 6.07. The number of pyridine rings is 1. The van der Waals surface area contributed by atoms with Crippen LogP contribution >= 0.6 is 11.6 Å². The molecule has 31 heavy (non-hydrogen) atoms. The van der Waals surface area contributed by atoms with E-state index in [1.54, 1.807) is 19.5 Å². The molecule has 4 rings (SSSR count). The van der Waals surface area contributed by atoms with Crippen LogP contribution in [0.4, 0.5) is 5.82 Å². The summed E-state index contributed by atoms with van der Waals surface area (Å²) in [5.74, 6) is 2.13. The first-order chi connectivity index (χ1) is 15.2. The number of anilines is 1. The van der Waals surface area contributed by atoms with E-state index >= 15 is 0 Å². The van der Waals surface area contributed by atoms with E-state index in [0.29, 0.717) is 16.8 Å². The van der Waals surface area contributed by atoms with Gasteiger partial charge in [0.2, 0.25) is 0 Å². The highest BCUT2D eigenvalue weighted by atomic mass is 35.5. The molecular formula is C24H28ClN5O. The number of methoxy groups -OCH3 is 1. The Bertz CT molecular complexity index is 959. The summed E-state index contributed by atoms with van der Waals surface area (Å²) in [5.41, 5.74) is 2.77. The SMILES string of the molecule is COCCN1CCC(CNc2cc(-c3ccc(Cl)cc3)nc(-c3cccnc3)n2)CC1. The first-order valence-electron chi connectivity index (χ1n) is 10.7. The van der Waals surface area contributed by atoms with Crippen LogP contribution in [0.2, 0.25) is 5.02 Å². The minimum atomic E-state index is 0.634. The van der Waals surface area contributed by atoms with Gasteiger partial charge in [-0.25, -0.2) is 9.97 Å². The van der Waals surface area contributed by atoms with Gasteiger partial charge in [0.25, 0.3) is 0 Å². The molecular weight excluding hydrogens is 410 g/mol. The minimum absolute atomic E-state index is 0.634. The summed E-state index contributed by atoms with van der Waals surface area (Å²) in [7, 11) is 1.76. The molecule has 2 aromatic heterocycles. The van der Waals surface area contributed by atoms with Gasteiger partial charge in [-0.3, -0.25) is 4.98 Å². The number of halogens is 1. The molecule has 6 nitrogen and oxygen atoms in total. The maximum atomic E-state index is 6.07. The second kappa shape index (κ2) is 10.7. The summed E-state index contributed by atoms with van der Waals surface area (Å²) in [5, 5.41) is 4.27. The molecule has 1 fully saturated rings. The number of hydrogen-bond donors (Lipinski definition) is 1. The average Bonchev–Trinajstić information content (AvgIpc) is 2.83. The quantitative estimate of drug-likeness (QED) is 0.554. The van der Waals surface area contributed by atoms with Gasteiger partial charge in [-0.05, 0) is 56.1 Å². The maximum Gasteiger partial charge on any atom is 0.163 e. The number of nitrogens with one attached hydrogen (secondary N) is 1. The molecule has 0 radical (unpaired) electrons. The molecule has 1 saturated heterocycles. The zero-order chi connectivity index (χ0) is 21.5. The number of rotatable bonds is 8. The van der Waals surface area contributed by atoms with Gasteiger partial charge in [0.05, 0.1) is 12.3 Å². The molecule has 1 aromatic carbocycles. The summed E-state index contributed by atoms with van der Waals surface area (Å²) in [6, 6.07) is 13.6. The van der Waals surface area contributed by atoms with Gasteiger partial charge in [-0.2, -0.15) is 0 Å². The summed E-state index contributed by atoms with van der Waals surface area (Å²) in [4.78, 5) is 16.3. The van der Waals surface area contributed by atoms with Gasteiger partial charge in [0, 0.05) is 54.8 Å². The van der Waals surface area contributed by atoms with Crippen molar-refractivity contribution in [2.75, 3.05) is 45.2 Å². The lowest BCUT2D eigenvalue weighted by atomic mass is 9.97. The lowest BCUT2D eigenvalue weighted by Crippen LogP contribution is -2.37. The lowest BCUT2D eigenvalue weighted by Gasteiger charge is -2.31. The fraction of sp³-hybridized carbons (Fsp3) is 0.375. The molecule has 0 unspecified atom stereocenters. The van der Waals surface area contributed by atoms with Gasteiger partial charge in [-0.15, -0.1) is 0 Å². The highest BCUT2D eigenvalue weighted by Gasteiger charge is 2.19. The smallest absolute Gasteiger partial charge is 0.163 e. The van der Waals surface area contributed by atoms with Crippen molar-refractivity contribution in [3.05, 3.63) is 59.9 Å². The molecule has 7 heteroatoms. The monoisotopic (exact) mass is 437 g/mol. The number of aromatic nitrogens is 3. The first kappa shape index (κ1) is 21.7. The van der Waals surface area contributed by atoms with Crippen LogP contribution in [0.1, 0.15) is 12.8 Å². The zero-order valence-electron chi connectivity index (χ0n) is 17.8. The molecule has 0 amide bonds. The van der Waals surface area contributed by atoms with E-state index in [1.165, 1.54) is 12.8 Å². The van der Waals surface area contributed by atoms with Crippen molar-refractivity contribution in [2.24, 2.45) is 5.92 Å². The van der Waals surface area contributed by atoms with Crippen LogP contribution in [0.3, 0.4) is 0 Å². The third kappa shape index (κ3) is 6.00. The van der Waals surface area contributed by atoms with E-state index in [4.69, 9.17) is 26.3 Å². The molecule has 0 bridgehead atoms. The van der Waals surface area contributed by atoms with Gasteiger partial charge in [0.1, 0.15) is 5.82 Å². The van der Waals surface area contributed by atoms with Crippen LogP contribution in [0.25, 0.3) is 22.6 Å². The number of ether oxygens (including phenoxy) is 1. The van der Waals surface area contributed by atoms with E-state index in [0.717, 1.165) is 55.4 Å². The Balaban J connectivity index is 1.49. The summed E-state index contributed by atoms with van der Waals surface area (Å²) in [6.07, 6.45) is 5.91. The number of piperidine rings is 1.